The molecule has 108 valence electrons. The van der Waals surface area contributed by atoms with Gasteiger partial charge in [-0.15, -0.1) is 0 Å². The lowest BCUT2D eigenvalue weighted by atomic mass is 10.1. The molecule has 0 saturated carbocycles. The van der Waals surface area contributed by atoms with Crippen molar-refractivity contribution in [3.63, 3.8) is 0 Å². The number of halogens is 1. The second-order valence-electron chi connectivity index (χ2n) is 4.18. The normalized spacial score (nSPS) is 10.0. The Balaban J connectivity index is 2.41. The molecule has 0 aromatic heterocycles. The number of methoxy groups -OCH3 is 1. The molecule has 2 rings (SSSR count). The van der Waals surface area contributed by atoms with E-state index in [1.54, 1.807) is 42.5 Å². The summed E-state index contributed by atoms with van der Waals surface area (Å²) < 4.78 is 5.24. The Bertz CT molecular complexity index is 704. The van der Waals surface area contributed by atoms with Gasteiger partial charge < -0.3 is 15.8 Å². The number of amides is 1. The second kappa shape index (κ2) is 6.56. The fourth-order valence-electron chi connectivity index (χ4n) is 1.86. The lowest BCUT2D eigenvalue weighted by Gasteiger charge is -2.14. The van der Waals surface area contributed by atoms with Crippen LogP contribution in [0, 0.1) is 0 Å². The van der Waals surface area contributed by atoms with Gasteiger partial charge in [-0.2, -0.15) is 0 Å². The maximum absolute atomic E-state index is 12.3. The highest BCUT2D eigenvalue weighted by Crippen LogP contribution is 2.29. The molecule has 21 heavy (non-hydrogen) atoms. The fraction of sp³-hybridized carbons (Fsp3) is 0.0667. The molecule has 3 N–H and O–H groups in total. The minimum atomic E-state index is -0.359. The molecule has 0 fully saturated rings. The molecule has 0 heterocycles. The van der Waals surface area contributed by atoms with Crippen molar-refractivity contribution in [2.75, 3.05) is 12.4 Å². The van der Waals surface area contributed by atoms with E-state index < -0.39 is 0 Å². The predicted molar refractivity (Wildman–Crippen MR) is 88.3 cm³/mol. The van der Waals surface area contributed by atoms with Crippen molar-refractivity contribution in [1.82, 2.24) is 0 Å². The minimum Gasteiger partial charge on any atom is -0.495 e. The third kappa shape index (κ3) is 3.32. The zero-order valence-electron chi connectivity index (χ0n) is 11.2. The highest BCUT2D eigenvalue weighted by molar-refractivity contribution is 7.80. The molecule has 0 radical (unpaired) electrons. The molecular formula is C15H13ClN2O2S. The van der Waals surface area contributed by atoms with Crippen molar-refractivity contribution in [1.29, 1.82) is 0 Å². The maximum Gasteiger partial charge on any atom is 0.257 e. The first kappa shape index (κ1) is 15.3. The summed E-state index contributed by atoms with van der Waals surface area (Å²) in [4.78, 5) is 12.5. The predicted octanol–water partition coefficient (Wildman–Crippen LogP) is 3.24. The standard InChI is InChI=1S/C15H13ClN2O2S/c1-20-12-8-4-6-10(14(17)21)13(12)18-15(19)9-5-2-3-7-11(9)16/h2-8H,1H3,(H2,17,21)(H,18,19). The highest BCUT2D eigenvalue weighted by atomic mass is 35.5. The molecule has 6 heteroatoms. The van der Waals surface area contributed by atoms with Crippen molar-refractivity contribution in [2.45, 2.75) is 0 Å². The fourth-order valence-corrected chi connectivity index (χ4v) is 2.25. The van der Waals surface area contributed by atoms with E-state index in [9.17, 15) is 4.79 Å². The van der Waals surface area contributed by atoms with Gasteiger partial charge in [-0.05, 0) is 24.3 Å². The average molecular weight is 321 g/mol. The molecule has 0 saturated heterocycles. The number of rotatable bonds is 4. The Morgan fingerprint density at radius 3 is 2.48 bits per heavy atom. The van der Waals surface area contributed by atoms with Gasteiger partial charge in [-0.1, -0.05) is 42.0 Å². The summed E-state index contributed by atoms with van der Waals surface area (Å²) in [5.41, 5.74) is 7.00. The molecule has 0 unspecified atom stereocenters. The Hall–Kier alpha value is -2.11. The van der Waals surface area contributed by atoms with Gasteiger partial charge in [0, 0.05) is 5.56 Å². The number of para-hydroxylation sites is 1. The van der Waals surface area contributed by atoms with Crippen LogP contribution in [0.2, 0.25) is 5.02 Å². The van der Waals surface area contributed by atoms with E-state index in [-0.39, 0.29) is 10.9 Å². The van der Waals surface area contributed by atoms with Crippen molar-refractivity contribution >= 4 is 40.4 Å². The van der Waals surface area contributed by atoms with Crippen molar-refractivity contribution in [3.05, 3.63) is 58.6 Å². The van der Waals surface area contributed by atoms with E-state index in [2.05, 4.69) is 5.32 Å². The number of nitrogens with two attached hydrogens (primary N) is 1. The van der Waals surface area contributed by atoms with Crippen LogP contribution in [0.5, 0.6) is 5.75 Å². The van der Waals surface area contributed by atoms with Gasteiger partial charge in [0.15, 0.2) is 0 Å². The largest absolute Gasteiger partial charge is 0.495 e. The Kier molecular flexibility index (Phi) is 4.77. The van der Waals surface area contributed by atoms with Crippen LogP contribution < -0.4 is 15.8 Å². The minimum absolute atomic E-state index is 0.170. The van der Waals surface area contributed by atoms with Crippen LogP contribution in [-0.4, -0.2) is 18.0 Å². The number of anilines is 1. The van der Waals surface area contributed by atoms with Crippen LogP contribution in [0.25, 0.3) is 0 Å². The van der Waals surface area contributed by atoms with Crippen LogP contribution in [0.15, 0.2) is 42.5 Å². The van der Waals surface area contributed by atoms with E-state index in [1.165, 1.54) is 7.11 Å². The first-order chi connectivity index (χ1) is 10.0. The third-order valence-corrected chi connectivity index (χ3v) is 3.42. The lowest BCUT2D eigenvalue weighted by molar-refractivity contribution is 0.102. The van der Waals surface area contributed by atoms with Crippen LogP contribution in [0.1, 0.15) is 15.9 Å². The van der Waals surface area contributed by atoms with Gasteiger partial charge in [0.25, 0.3) is 5.91 Å². The zero-order chi connectivity index (χ0) is 15.4. The summed E-state index contributed by atoms with van der Waals surface area (Å²) in [7, 11) is 1.50. The number of carbonyl (C=O) groups is 1. The van der Waals surface area contributed by atoms with Gasteiger partial charge in [0.1, 0.15) is 10.7 Å². The van der Waals surface area contributed by atoms with Gasteiger partial charge in [-0.3, -0.25) is 4.79 Å². The van der Waals surface area contributed by atoms with Gasteiger partial charge in [0.05, 0.1) is 23.4 Å². The molecule has 0 aliphatic heterocycles. The van der Waals surface area contributed by atoms with Crippen LogP contribution in [0.4, 0.5) is 5.69 Å². The van der Waals surface area contributed by atoms with Crippen LogP contribution >= 0.6 is 23.8 Å². The summed E-state index contributed by atoms with van der Waals surface area (Å²) in [6, 6.07) is 11.9. The van der Waals surface area contributed by atoms with E-state index in [0.29, 0.717) is 27.6 Å². The highest BCUT2D eigenvalue weighted by Gasteiger charge is 2.16. The molecule has 2 aromatic carbocycles. The van der Waals surface area contributed by atoms with Crippen molar-refractivity contribution in [3.8, 4) is 5.75 Å². The number of ether oxygens (including phenoxy) is 1. The smallest absolute Gasteiger partial charge is 0.257 e. The van der Waals surface area contributed by atoms with E-state index in [4.69, 9.17) is 34.3 Å². The summed E-state index contributed by atoms with van der Waals surface area (Å²) in [6.07, 6.45) is 0. The average Bonchev–Trinajstić information content (AvgIpc) is 2.47. The number of benzene rings is 2. The topological polar surface area (TPSA) is 64.3 Å². The molecule has 1 amide bonds. The van der Waals surface area contributed by atoms with Crippen LogP contribution in [-0.2, 0) is 0 Å². The number of carbonyl (C=O) groups excluding carboxylic acids is 1. The maximum atomic E-state index is 12.3. The number of thiocarbonyl (C=S) groups is 1. The van der Waals surface area contributed by atoms with E-state index in [0.717, 1.165) is 0 Å². The zero-order valence-corrected chi connectivity index (χ0v) is 12.8. The molecule has 0 spiro atoms. The summed E-state index contributed by atoms with van der Waals surface area (Å²) in [5.74, 6) is 0.114. The van der Waals surface area contributed by atoms with Crippen molar-refractivity contribution in [2.24, 2.45) is 5.73 Å². The molecule has 0 aliphatic rings. The molecular weight excluding hydrogens is 308 g/mol. The molecule has 2 aromatic rings. The molecule has 0 bridgehead atoms. The van der Waals surface area contributed by atoms with Gasteiger partial charge >= 0.3 is 0 Å². The first-order valence-corrected chi connectivity index (χ1v) is 6.86. The van der Waals surface area contributed by atoms with Crippen molar-refractivity contribution < 1.29 is 9.53 Å². The number of hydrogen-bond donors (Lipinski definition) is 2. The quantitative estimate of drug-likeness (QED) is 0.849. The van der Waals surface area contributed by atoms with Gasteiger partial charge in [-0.25, -0.2) is 0 Å². The monoisotopic (exact) mass is 320 g/mol. The SMILES string of the molecule is COc1cccc(C(N)=S)c1NC(=O)c1ccccc1Cl. The number of hydrogen-bond acceptors (Lipinski definition) is 3. The summed E-state index contributed by atoms with van der Waals surface area (Å²) >= 11 is 11.0. The lowest BCUT2D eigenvalue weighted by Crippen LogP contribution is -2.18. The summed E-state index contributed by atoms with van der Waals surface area (Å²) in [6.45, 7) is 0. The molecule has 4 nitrogen and oxygen atoms in total. The van der Waals surface area contributed by atoms with E-state index in [1.807, 2.05) is 0 Å². The number of nitrogens with one attached hydrogen (secondary N) is 1. The van der Waals surface area contributed by atoms with Crippen LogP contribution in [0.3, 0.4) is 0 Å². The molecule has 0 aliphatic carbocycles. The Morgan fingerprint density at radius 1 is 1.19 bits per heavy atom. The Labute approximate surface area is 132 Å². The first-order valence-electron chi connectivity index (χ1n) is 6.07. The second-order valence-corrected chi connectivity index (χ2v) is 5.03. The molecule has 0 atom stereocenters. The van der Waals surface area contributed by atoms with E-state index >= 15 is 0 Å². The Morgan fingerprint density at radius 2 is 1.86 bits per heavy atom. The summed E-state index contributed by atoms with van der Waals surface area (Å²) in [5, 5.41) is 3.12. The van der Waals surface area contributed by atoms with Gasteiger partial charge in [0.2, 0.25) is 0 Å². The third-order valence-electron chi connectivity index (χ3n) is 2.87.